The molecule has 0 bridgehead atoms. The van der Waals surface area contributed by atoms with E-state index in [1.165, 1.54) is 33.4 Å². The number of nitrogens with zero attached hydrogens (tertiary/aromatic N) is 1. The summed E-state index contributed by atoms with van der Waals surface area (Å²) in [5, 5.41) is 0. The highest BCUT2D eigenvalue weighted by molar-refractivity contribution is 5.48. The first kappa shape index (κ1) is 15.5. The molecule has 1 aromatic heterocycles. The van der Waals surface area contributed by atoms with Crippen molar-refractivity contribution in [1.29, 1.82) is 0 Å². The van der Waals surface area contributed by atoms with Gasteiger partial charge in [-0.1, -0.05) is 53.6 Å². The fourth-order valence-corrected chi connectivity index (χ4v) is 3.17. The van der Waals surface area contributed by atoms with Gasteiger partial charge in [0, 0.05) is 6.20 Å². The molecule has 116 valence electrons. The van der Waals surface area contributed by atoms with E-state index in [1.807, 2.05) is 12.3 Å². The van der Waals surface area contributed by atoms with E-state index in [-0.39, 0.29) is 5.92 Å². The van der Waals surface area contributed by atoms with Gasteiger partial charge in [-0.25, -0.2) is 0 Å². The van der Waals surface area contributed by atoms with Crippen molar-refractivity contribution in [2.24, 2.45) is 0 Å². The summed E-state index contributed by atoms with van der Waals surface area (Å²) in [6, 6.07) is 19.6. The molecule has 1 heteroatoms. The summed E-state index contributed by atoms with van der Waals surface area (Å²) >= 11 is 0. The second kappa shape index (κ2) is 6.37. The minimum absolute atomic E-state index is 0.177. The number of hydrogen-bond acceptors (Lipinski definition) is 1. The first-order chi connectivity index (χ1) is 11.1. The van der Waals surface area contributed by atoms with Crippen molar-refractivity contribution in [3.8, 4) is 0 Å². The lowest BCUT2D eigenvalue weighted by molar-refractivity contribution is 0.895. The van der Waals surface area contributed by atoms with Gasteiger partial charge in [0.05, 0.1) is 11.6 Å². The Balaban J connectivity index is 2.27. The lowest BCUT2D eigenvalue weighted by atomic mass is 9.82. The fraction of sp³-hybridized carbons (Fsp3) is 0.227. The highest BCUT2D eigenvalue weighted by Gasteiger charge is 2.21. The van der Waals surface area contributed by atoms with Crippen molar-refractivity contribution in [2.75, 3.05) is 0 Å². The average molecular weight is 301 g/mol. The van der Waals surface area contributed by atoms with Crippen molar-refractivity contribution in [2.45, 2.75) is 33.6 Å². The molecule has 0 saturated heterocycles. The monoisotopic (exact) mass is 301 g/mol. The van der Waals surface area contributed by atoms with Gasteiger partial charge >= 0.3 is 0 Å². The molecule has 0 aliphatic rings. The normalized spacial score (nSPS) is 11.0. The van der Waals surface area contributed by atoms with Crippen LogP contribution in [0.3, 0.4) is 0 Å². The van der Waals surface area contributed by atoms with Crippen molar-refractivity contribution in [3.05, 3.63) is 99.9 Å². The van der Waals surface area contributed by atoms with E-state index in [0.29, 0.717) is 0 Å². The Morgan fingerprint density at radius 2 is 1.26 bits per heavy atom. The van der Waals surface area contributed by atoms with Crippen LogP contribution in [0.2, 0.25) is 0 Å². The van der Waals surface area contributed by atoms with Crippen LogP contribution >= 0.6 is 0 Å². The second-order valence-electron chi connectivity index (χ2n) is 6.41. The van der Waals surface area contributed by atoms with E-state index in [9.17, 15) is 0 Å². The number of rotatable bonds is 3. The zero-order chi connectivity index (χ0) is 16.4. The number of pyridine rings is 1. The quantitative estimate of drug-likeness (QED) is 0.623. The van der Waals surface area contributed by atoms with Gasteiger partial charge in [-0.15, -0.1) is 0 Å². The smallest absolute Gasteiger partial charge is 0.0522 e. The lowest BCUT2D eigenvalue weighted by Gasteiger charge is -2.22. The van der Waals surface area contributed by atoms with Gasteiger partial charge in [-0.2, -0.15) is 0 Å². The fourth-order valence-electron chi connectivity index (χ4n) is 3.17. The maximum absolute atomic E-state index is 4.67. The lowest BCUT2D eigenvalue weighted by Crippen LogP contribution is -2.09. The van der Waals surface area contributed by atoms with Crippen LogP contribution in [-0.2, 0) is 0 Å². The Morgan fingerprint density at radius 3 is 1.74 bits per heavy atom. The third-order valence-electron chi connectivity index (χ3n) is 4.48. The number of benzene rings is 2. The standard InChI is InChI=1S/C22H23N/c1-15-8-10-17(3)19(13-15)22(21-7-5-6-12-23-21)20-14-16(2)9-11-18(20)4/h5-14,22H,1-4H3. The molecule has 1 nitrogen and oxygen atoms in total. The van der Waals surface area contributed by atoms with E-state index in [1.54, 1.807) is 0 Å². The van der Waals surface area contributed by atoms with E-state index >= 15 is 0 Å². The van der Waals surface area contributed by atoms with E-state index in [4.69, 9.17) is 0 Å². The average Bonchev–Trinajstić information content (AvgIpc) is 2.55. The summed E-state index contributed by atoms with van der Waals surface area (Å²) in [4.78, 5) is 4.67. The SMILES string of the molecule is Cc1ccc(C)c(C(c2ccccn2)c2cc(C)ccc2C)c1. The number of aromatic nitrogens is 1. The topological polar surface area (TPSA) is 12.9 Å². The van der Waals surface area contributed by atoms with Gasteiger partial charge in [-0.3, -0.25) is 4.98 Å². The first-order valence-electron chi connectivity index (χ1n) is 8.11. The molecule has 1 heterocycles. The highest BCUT2D eigenvalue weighted by atomic mass is 14.7. The summed E-state index contributed by atoms with van der Waals surface area (Å²) in [5.74, 6) is 0.177. The molecule has 3 rings (SSSR count). The Bertz CT molecular complexity index is 767. The highest BCUT2D eigenvalue weighted by Crippen LogP contribution is 2.35. The Kier molecular flexibility index (Phi) is 4.29. The van der Waals surface area contributed by atoms with Crippen LogP contribution in [0.4, 0.5) is 0 Å². The Labute approximate surface area is 139 Å². The van der Waals surface area contributed by atoms with Gasteiger partial charge in [0.15, 0.2) is 0 Å². The third kappa shape index (κ3) is 3.19. The van der Waals surface area contributed by atoms with Gasteiger partial charge in [0.1, 0.15) is 0 Å². The molecule has 0 atom stereocenters. The third-order valence-corrected chi connectivity index (χ3v) is 4.48. The zero-order valence-corrected chi connectivity index (χ0v) is 14.3. The number of aryl methyl sites for hydroxylation is 4. The molecule has 0 amide bonds. The van der Waals surface area contributed by atoms with Crippen molar-refractivity contribution in [1.82, 2.24) is 4.98 Å². The Morgan fingerprint density at radius 1 is 0.696 bits per heavy atom. The maximum Gasteiger partial charge on any atom is 0.0522 e. The van der Waals surface area contributed by atoms with Gasteiger partial charge in [0.2, 0.25) is 0 Å². The molecule has 2 aromatic carbocycles. The molecule has 23 heavy (non-hydrogen) atoms. The zero-order valence-electron chi connectivity index (χ0n) is 14.3. The molecule has 0 aliphatic carbocycles. The van der Waals surface area contributed by atoms with Crippen LogP contribution in [0.1, 0.15) is 45.0 Å². The van der Waals surface area contributed by atoms with E-state index in [0.717, 1.165) is 5.69 Å². The van der Waals surface area contributed by atoms with Crippen LogP contribution in [0.5, 0.6) is 0 Å². The Hall–Kier alpha value is -2.41. The summed E-state index contributed by atoms with van der Waals surface area (Å²) in [7, 11) is 0. The predicted octanol–water partition coefficient (Wildman–Crippen LogP) is 5.50. The van der Waals surface area contributed by atoms with Gasteiger partial charge in [-0.05, 0) is 62.1 Å². The van der Waals surface area contributed by atoms with E-state index in [2.05, 4.69) is 81.2 Å². The molecule has 0 unspecified atom stereocenters. The summed E-state index contributed by atoms with van der Waals surface area (Å²) in [6.45, 7) is 8.69. The largest absolute Gasteiger partial charge is 0.260 e. The molecule has 0 spiro atoms. The molecular weight excluding hydrogens is 278 g/mol. The van der Waals surface area contributed by atoms with Crippen molar-refractivity contribution >= 4 is 0 Å². The van der Waals surface area contributed by atoms with Crippen molar-refractivity contribution < 1.29 is 0 Å². The minimum atomic E-state index is 0.177. The predicted molar refractivity (Wildman–Crippen MR) is 97.0 cm³/mol. The van der Waals surface area contributed by atoms with Crippen LogP contribution < -0.4 is 0 Å². The summed E-state index contributed by atoms with van der Waals surface area (Å²) in [6.07, 6.45) is 1.89. The summed E-state index contributed by atoms with van der Waals surface area (Å²) in [5.41, 5.74) is 9.00. The molecule has 0 N–H and O–H groups in total. The second-order valence-corrected chi connectivity index (χ2v) is 6.41. The molecular formula is C22H23N. The van der Waals surface area contributed by atoms with E-state index < -0.39 is 0 Å². The van der Waals surface area contributed by atoms with Crippen LogP contribution in [0, 0.1) is 27.7 Å². The molecule has 0 radical (unpaired) electrons. The van der Waals surface area contributed by atoms with Gasteiger partial charge in [0.25, 0.3) is 0 Å². The molecule has 0 saturated carbocycles. The van der Waals surface area contributed by atoms with Crippen LogP contribution in [0.15, 0.2) is 60.8 Å². The van der Waals surface area contributed by atoms with Crippen molar-refractivity contribution in [3.63, 3.8) is 0 Å². The number of hydrogen-bond donors (Lipinski definition) is 0. The first-order valence-corrected chi connectivity index (χ1v) is 8.11. The minimum Gasteiger partial charge on any atom is -0.260 e. The van der Waals surface area contributed by atoms with Crippen LogP contribution in [0.25, 0.3) is 0 Å². The molecule has 3 aromatic rings. The molecule has 0 aliphatic heterocycles. The molecule has 0 fully saturated rings. The summed E-state index contributed by atoms with van der Waals surface area (Å²) < 4.78 is 0. The maximum atomic E-state index is 4.67. The van der Waals surface area contributed by atoms with Gasteiger partial charge < -0.3 is 0 Å². The van der Waals surface area contributed by atoms with Crippen LogP contribution in [-0.4, -0.2) is 4.98 Å².